The first-order chi connectivity index (χ1) is 8.65. The maximum atomic E-state index is 3.76. The van der Waals surface area contributed by atoms with Gasteiger partial charge in [-0.1, -0.05) is 51.5 Å². The smallest absolute Gasteiger partial charge is 0.0222 e. The minimum Gasteiger partial charge on any atom is -0.311 e. The first-order valence-corrected chi connectivity index (χ1v) is 7.49. The van der Waals surface area contributed by atoms with Crippen molar-refractivity contribution in [1.29, 1.82) is 0 Å². The molecule has 1 nitrogen and oxygen atoms in total. The standard InChI is InChI=1S/C17H27N/c1-4-10-17(11-5-12-18-17)13-15-6-8-16(9-7-15)14(2)3/h6-9,14,18H,4-5,10-13H2,1-3H3. The number of hydrogen-bond acceptors (Lipinski definition) is 1. The number of benzene rings is 1. The fraction of sp³-hybridized carbons (Fsp3) is 0.647. The molecule has 0 saturated carbocycles. The highest BCUT2D eigenvalue weighted by molar-refractivity contribution is 5.26. The van der Waals surface area contributed by atoms with Crippen molar-refractivity contribution in [1.82, 2.24) is 5.32 Å². The van der Waals surface area contributed by atoms with E-state index in [1.54, 1.807) is 0 Å². The Morgan fingerprint density at radius 3 is 2.44 bits per heavy atom. The van der Waals surface area contributed by atoms with Crippen LogP contribution in [0.4, 0.5) is 0 Å². The molecule has 1 unspecified atom stereocenters. The summed E-state index contributed by atoms with van der Waals surface area (Å²) in [6.07, 6.45) is 6.45. The Labute approximate surface area is 112 Å². The van der Waals surface area contributed by atoms with Crippen molar-refractivity contribution in [3.63, 3.8) is 0 Å². The van der Waals surface area contributed by atoms with Crippen LogP contribution in [0.5, 0.6) is 0 Å². The Morgan fingerprint density at radius 1 is 1.22 bits per heavy atom. The lowest BCUT2D eigenvalue weighted by molar-refractivity contribution is 0.342. The fourth-order valence-electron chi connectivity index (χ4n) is 3.21. The molecule has 1 aliphatic heterocycles. The van der Waals surface area contributed by atoms with Crippen LogP contribution in [0.2, 0.25) is 0 Å². The van der Waals surface area contributed by atoms with E-state index in [1.165, 1.54) is 49.8 Å². The van der Waals surface area contributed by atoms with E-state index in [-0.39, 0.29) is 0 Å². The molecule has 0 spiro atoms. The molecule has 18 heavy (non-hydrogen) atoms. The second kappa shape index (κ2) is 5.88. The Balaban J connectivity index is 2.07. The quantitative estimate of drug-likeness (QED) is 0.816. The van der Waals surface area contributed by atoms with Gasteiger partial charge >= 0.3 is 0 Å². The topological polar surface area (TPSA) is 12.0 Å². The van der Waals surface area contributed by atoms with Crippen molar-refractivity contribution in [3.8, 4) is 0 Å². The maximum absolute atomic E-state index is 3.76. The summed E-state index contributed by atoms with van der Waals surface area (Å²) in [7, 11) is 0. The summed E-state index contributed by atoms with van der Waals surface area (Å²) in [6.45, 7) is 8.01. The van der Waals surface area contributed by atoms with E-state index in [9.17, 15) is 0 Å². The highest BCUT2D eigenvalue weighted by Gasteiger charge is 2.32. The van der Waals surface area contributed by atoms with Crippen molar-refractivity contribution in [3.05, 3.63) is 35.4 Å². The average Bonchev–Trinajstić information content (AvgIpc) is 2.79. The molecule has 0 bridgehead atoms. The van der Waals surface area contributed by atoms with E-state index in [0.717, 1.165) is 0 Å². The highest BCUT2D eigenvalue weighted by Crippen LogP contribution is 2.29. The highest BCUT2D eigenvalue weighted by atomic mass is 15.0. The Morgan fingerprint density at radius 2 is 1.94 bits per heavy atom. The van der Waals surface area contributed by atoms with Crippen LogP contribution < -0.4 is 5.32 Å². The van der Waals surface area contributed by atoms with Gasteiger partial charge < -0.3 is 5.32 Å². The molecule has 1 heteroatoms. The van der Waals surface area contributed by atoms with Gasteiger partial charge in [0.25, 0.3) is 0 Å². The summed E-state index contributed by atoms with van der Waals surface area (Å²) in [4.78, 5) is 0. The van der Waals surface area contributed by atoms with E-state index in [2.05, 4.69) is 50.4 Å². The van der Waals surface area contributed by atoms with E-state index in [0.29, 0.717) is 11.5 Å². The normalized spacial score (nSPS) is 23.8. The van der Waals surface area contributed by atoms with Crippen LogP contribution in [0.1, 0.15) is 63.5 Å². The maximum Gasteiger partial charge on any atom is 0.0222 e. The SMILES string of the molecule is CCCC1(Cc2ccc(C(C)C)cc2)CCCN1. The van der Waals surface area contributed by atoms with Gasteiger partial charge in [-0.15, -0.1) is 0 Å². The molecule has 1 atom stereocenters. The predicted octanol–water partition coefficient (Wildman–Crippen LogP) is 4.27. The zero-order valence-corrected chi connectivity index (χ0v) is 12.1. The molecule has 0 radical (unpaired) electrons. The summed E-state index contributed by atoms with van der Waals surface area (Å²) in [5, 5.41) is 3.76. The van der Waals surface area contributed by atoms with Gasteiger partial charge in [0, 0.05) is 5.54 Å². The zero-order valence-electron chi connectivity index (χ0n) is 12.1. The van der Waals surface area contributed by atoms with E-state index in [1.807, 2.05) is 0 Å². The van der Waals surface area contributed by atoms with Crippen LogP contribution in [0, 0.1) is 0 Å². The number of rotatable bonds is 5. The average molecular weight is 245 g/mol. The third kappa shape index (κ3) is 3.14. The first kappa shape index (κ1) is 13.6. The monoisotopic (exact) mass is 245 g/mol. The predicted molar refractivity (Wildman–Crippen MR) is 79.1 cm³/mol. The molecule has 0 aliphatic carbocycles. The fourth-order valence-corrected chi connectivity index (χ4v) is 3.21. The molecule has 1 aromatic carbocycles. The van der Waals surface area contributed by atoms with Crippen LogP contribution in [0.25, 0.3) is 0 Å². The van der Waals surface area contributed by atoms with Crippen molar-refractivity contribution in [2.75, 3.05) is 6.54 Å². The summed E-state index contributed by atoms with van der Waals surface area (Å²) < 4.78 is 0. The molecule has 1 heterocycles. The molecule has 0 aromatic heterocycles. The van der Waals surface area contributed by atoms with Crippen molar-refractivity contribution >= 4 is 0 Å². The van der Waals surface area contributed by atoms with Gasteiger partial charge in [-0.3, -0.25) is 0 Å². The van der Waals surface area contributed by atoms with Gasteiger partial charge in [-0.05, 0) is 49.3 Å². The molecular weight excluding hydrogens is 218 g/mol. The van der Waals surface area contributed by atoms with Gasteiger partial charge in [0.1, 0.15) is 0 Å². The van der Waals surface area contributed by atoms with Crippen LogP contribution in [-0.2, 0) is 6.42 Å². The molecule has 0 amide bonds. The second-order valence-corrected chi connectivity index (χ2v) is 6.13. The lowest BCUT2D eigenvalue weighted by Crippen LogP contribution is -2.41. The Kier molecular flexibility index (Phi) is 4.45. The van der Waals surface area contributed by atoms with E-state index >= 15 is 0 Å². The molecule has 1 aliphatic rings. The molecule has 100 valence electrons. The first-order valence-electron chi connectivity index (χ1n) is 7.49. The summed E-state index contributed by atoms with van der Waals surface area (Å²) in [6, 6.07) is 9.25. The summed E-state index contributed by atoms with van der Waals surface area (Å²) in [5.74, 6) is 0.633. The van der Waals surface area contributed by atoms with Crippen molar-refractivity contribution in [2.45, 2.75) is 64.3 Å². The summed E-state index contributed by atoms with van der Waals surface area (Å²) >= 11 is 0. The Hall–Kier alpha value is -0.820. The lowest BCUT2D eigenvalue weighted by atomic mass is 9.85. The molecular formula is C17H27N. The van der Waals surface area contributed by atoms with Crippen molar-refractivity contribution < 1.29 is 0 Å². The molecule has 2 rings (SSSR count). The minimum atomic E-state index is 0.383. The second-order valence-electron chi connectivity index (χ2n) is 6.13. The van der Waals surface area contributed by atoms with Crippen molar-refractivity contribution in [2.24, 2.45) is 0 Å². The molecule has 1 saturated heterocycles. The lowest BCUT2D eigenvalue weighted by Gasteiger charge is -2.29. The van der Waals surface area contributed by atoms with Gasteiger partial charge in [0.15, 0.2) is 0 Å². The largest absolute Gasteiger partial charge is 0.311 e. The van der Waals surface area contributed by atoms with Crippen LogP contribution >= 0.6 is 0 Å². The Bertz CT molecular complexity index is 358. The van der Waals surface area contributed by atoms with Gasteiger partial charge in [-0.2, -0.15) is 0 Å². The van der Waals surface area contributed by atoms with Gasteiger partial charge in [-0.25, -0.2) is 0 Å². The van der Waals surface area contributed by atoms with Crippen LogP contribution in [-0.4, -0.2) is 12.1 Å². The van der Waals surface area contributed by atoms with Crippen LogP contribution in [0.3, 0.4) is 0 Å². The number of nitrogens with one attached hydrogen (secondary N) is 1. The third-order valence-corrected chi connectivity index (χ3v) is 4.25. The molecule has 1 aromatic rings. The van der Waals surface area contributed by atoms with E-state index < -0.39 is 0 Å². The number of hydrogen-bond donors (Lipinski definition) is 1. The van der Waals surface area contributed by atoms with Crippen LogP contribution in [0.15, 0.2) is 24.3 Å². The minimum absolute atomic E-state index is 0.383. The molecule has 1 fully saturated rings. The van der Waals surface area contributed by atoms with E-state index in [4.69, 9.17) is 0 Å². The molecule has 1 N–H and O–H groups in total. The third-order valence-electron chi connectivity index (χ3n) is 4.25. The van der Waals surface area contributed by atoms with Gasteiger partial charge in [0.2, 0.25) is 0 Å². The summed E-state index contributed by atoms with van der Waals surface area (Å²) in [5.41, 5.74) is 3.32. The van der Waals surface area contributed by atoms with Gasteiger partial charge in [0.05, 0.1) is 0 Å². The zero-order chi connectivity index (χ0) is 13.0.